The molecule has 160 valence electrons. The second-order valence-electron chi connectivity index (χ2n) is 7.70. The highest BCUT2D eigenvalue weighted by Crippen LogP contribution is 2.29. The van der Waals surface area contributed by atoms with E-state index in [0.29, 0.717) is 18.1 Å². The number of likely N-dealkylation sites (tertiary alicyclic amines) is 1. The molecule has 0 aliphatic carbocycles. The Bertz CT molecular complexity index is 1040. The quantitative estimate of drug-likeness (QED) is 0.629. The van der Waals surface area contributed by atoms with E-state index in [2.05, 4.69) is 20.8 Å². The van der Waals surface area contributed by atoms with Crippen molar-refractivity contribution < 1.29 is 9.59 Å². The van der Waals surface area contributed by atoms with Crippen molar-refractivity contribution in [1.29, 1.82) is 0 Å². The molecule has 1 fully saturated rings. The van der Waals surface area contributed by atoms with E-state index < -0.39 is 0 Å². The van der Waals surface area contributed by atoms with Gasteiger partial charge in [0.05, 0.1) is 0 Å². The molecule has 4 rings (SSSR count). The first-order chi connectivity index (χ1) is 15.1. The van der Waals surface area contributed by atoms with E-state index >= 15 is 0 Å². The lowest BCUT2D eigenvalue weighted by Crippen LogP contribution is -2.44. The Morgan fingerprint density at radius 1 is 1.10 bits per heavy atom. The van der Waals surface area contributed by atoms with Crippen LogP contribution in [0.15, 0.2) is 54.6 Å². The molecule has 1 saturated heterocycles. The van der Waals surface area contributed by atoms with Gasteiger partial charge in [0.2, 0.25) is 5.01 Å². The van der Waals surface area contributed by atoms with Gasteiger partial charge in [0, 0.05) is 31.2 Å². The molecule has 0 bridgehead atoms. The number of hydrogen-bond acceptors (Lipinski definition) is 5. The van der Waals surface area contributed by atoms with Crippen molar-refractivity contribution in [3.63, 3.8) is 0 Å². The van der Waals surface area contributed by atoms with Gasteiger partial charge in [0.25, 0.3) is 5.91 Å². The van der Waals surface area contributed by atoms with Crippen LogP contribution in [-0.4, -0.2) is 40.1 Å². The molecule has 1 aliphatic rings. The molecule has 2 heterocycles. The summed E-state index contributed by atoms with van der Waals surface area (Å²) < 4.78 is 0. The molecule has 2 N–H and O–H groups in total. The molecule has 8 heteroatoms. The van der Waals surface area contributed by atoms with Crippen LogP contribution in [0.1, 0.15) is 44.7 Å². The summed E-state index contributed by atoms with van der Waals surface area (Å²) in [5.74, 6) is -0.173. The van der Waals surface area contributed by atoms with E-state index in [1.54, 1.807) is 0 Å². The maximum atomic E-state index is 12.6. The molecule has 31 heavy (non-hydrogen) atoms. The second kappa shape index (κ2) is 9.70. The molecule has 1 aliphatic heterocycles. The van der Waals surface area contributed by atoms with Crippen LogP contribution < -0.4 is 10.6 Å². The standard InChI is InChI=1S/C23H25N5O2S/c1-16-9-11-17(12-10-16)14-24-23(30)28-13-5-6-18(15-28)21-26-27-22(31-21)20(29)25-19-7-3-2-4-8-19/h2-4,7-12,18H,5-6,13-15H2,1H3,(H,24,30)(H,25,29). The number of carbonyl (C=O) groups is 2. The van der Waals surface area contributed by atoms with E-state index in [0.717, 1.165) is 35.6 Å². The molecular weight excluding hydrogens is 410 g/mol. The number of aromatic nitrogens is 2. The zero-order chi connectivity index (χ0) is 21.6. The first-order valence-electron chi connectivity index (χ1n) is 10.4. The predicted octanol–water partition coefficient (Wildman–Crippen LogP) is 4.19. The van der Waals surface area contributed by atoms with Crippen molar-refractivity contribution in [2.75, 3.05) is 18.4 Å². The number of carbonyl (C=O) groups excluding carboxylic acids is 2. The largest absolute Gasteiger partial charge is 0.334 e. The Morgan fingerprint density at radius 2 is 1.87 bits per heavy atom. The van der Waals surface area contributed by atoms with Crippen LogP contribution in [0, 0.1) is 6.92 Å². The number of rotatable bonds is 5. The van der Waals surface area contributed by atoms with Crippen molar-refractivity contribution in [2.24, 2.45) is 0 Å². The summed E-state index contributed by atoms with van der Waals surface area (Å²) in [5, 5.41) is 15.3. The summed E-state index contributed by atoms with van der Waals surface area (Å²) >= 11 is 1.30. The summed E-state index contributed by atoms with van der Waals surface area (Å²) in [5.41, 5.74) is 2.99. The smallest absolute Gasteiger partial charge is 0.317 e. The number of urea groups is 1. The third-order valence-electron chi connectivity index (χ3n) is 5.29. The van der Waals surface area contributed by atoms with Crippen molar-refractivity contribution in [3.05, 3.63) is 75.7 Å². The Balaban J connectivity index is 1.33. The van der Waals surface area contributed by atoms with E-state index in [4.69, 9.17) is 0 Å². The maximum absolute atomic E-state index is 12.6. The minimum absolute atomic E-state index is 0.0724. The van der Waals surface area contributed by atoms with Crippen LogP contribution in [0.3, 0.4) is 0 Å². The van der Waals surface area contributed by atoms with Gasteiger partial charge in [0.15, 0.2) is 0 Å². The summed E-state index contributed by atoms with van der Waals surface area (Å²) in [4.78, 5) is 26.9. The third kappa shape index (κ3) is 5.46. The Morgan fingerprint density at radius 3 is 2.65 bits per heavy atom. The monoisotopic (exact) mass is 435 g/mol. The van der Waals surface area contributed by atoms with E-state index in [1.165, 1.54) is 16.9 Å². The molecular formula is C23H25N5O2S. The predicted molar refractivity (Wildman–Crippen MR) is 121 cm³/mol. The lowest BCUT2D eigenvalue weighted by Gasteiger charge is -2.31. The lowest BCUT2D eigenvalue weighted by atomic mass is 9.99. The van der Waals surface area contributed by atoms with Gasteiger partial charge in [-0.05, 0) is 37.5 Å². The molecule has 0 spiro atoms. The van der Waals surface area contributed by atoms with Crippen LogP contribution in [0.5, 0.6) is 0 Å². The number of aryl methyl sites for hydroxylation is 1. The lowest BCUT2D eigenvalue weighted by molar-refractivity contribution is 0.102. The van der Waals surface area contributed by atoms with Crippen molar-refractivity contribution in [3.8, 4) is 0 Å². The van der Waals surface area contributed by atoms with Gasteiger partial charge in [-0.15, -0.1) is 10.2 Å². The van der Waals surface area contributed by atoms with Gasteiger partial charge < -0.3 is 15.5 Å². The van der Waals surface area contributed by atoms with Gasteiger partial charge in [0.1, 0.15) is 5.01 Å². The molecule has 7 nitrogen and oxygen atoms in total. The van der Waals surface area contributed by atoms with Crippen LogP contribution in [-0.2, 0) is 6.54 Å². The van der Waals surface area contributed by atoms with Crippen molar-refractivity contribution >= 4 is 29.0 Å². The topological polar surface area (TPSA) is 87.2 Å². The number of nitrogens with zero attached hydrogens (tertiary/aromatic N) is 3. The van der Waals surface area contributed by atoms with E-state index in [-0.39, 0.29) is 17.9 Å². The molecule has 0 radical (unpaired) electrons. The number of para-hydroxylation sites is 1. The van der Waals surface area contributed by atoms with E-state index in [9.17, 15) is 9.59 Å². The number of piperidine rings is 1. The maximum Gasteiger partial charge on any atom is 0.317 e. The van der Waals surface area contributed by atoms with Gasteiger partial charge in [-0.3, -0.25) is 4.79 Å². The first kappa shape index (κ1) is 21.0. The van der Waals surface area contributed by atoms with Gasteiger partial charge >= 0.3 is 6.03 Å². The molecule has 2 aromatic carbocycles. The van der Waals surface area contributed by atoms with Crippen LogP contribution in [0.4, 0.5) is 10.5 Å². The summed E-state index contributed by atoms with van der Waals surface area (Å²) in [6.45, 7) is 3.84. The molecule has 1 unspecified atom stereocenters. The average Bonchev–Trinajstić information content (AvgIpc) is 3.30. The SMILES string of the molecule is Cc1ccc(CNC(=O)N2CCCC(c3nnc(C(=O)Nc4ccccc4)s3)C2)cc1. The Labute approximate surface area is 185 Å². The fraction of sp³-hybridized carbons (Fsp3) is 0.304. The highest BCUT2D eigenvalue weighted by Gasteiger charge is 2.28. The Hall–Kier alpha value is -3.26. The van der Waals surface area contributed by atoms with Crippen LogP contribution >= 0.6 is 11.3 Å². The molecule has 3 aromatic rings. The summed E-state index contributed by atoms with van der Waals surface area (Å²) in [7, 11) is 0. The number of amides is 3. The molecule has 0 saturated carbocycles. The van der Waals surface area contributed by atoms with Gasteiger partial charge in [-0.2, -0.15) is 0 Å². The van der Waals surface area contributed by atoms with Gasteiger partial charge in [-0.25, -0.2) is 4.79 Å². The highest BCUT2D eigenvalue weighted by atomic mass is 32.1. The second-order valence-corrected chi connectivity index (χ2v) is 8.70. The van der Waals surface area contributed by atoms with Crippen molar-refractivity contribution in [1.82, 2.24) is 20.4 Å². The van der Waals surface area contributed by atoms with Crippen LogP contribution in [0.25, 0.3) is 0 Å². The number of benzene rings is 2. The normalized spacial score (nSPS) is 16.0. The number of anilines is 1. The van der Waals surface area contributed by atoms with Crippen LogP contribution in [0.2, 0.25) is 0 Å². The fourth-order valence-corrected chi connectivity index (χ4v) is 4.42. The summed E-state index contributed by atoms with van der Waals surface area (Å²) in [6, 6.07) is 17.3. The van der Waals surface area contributed by atoms with E-state index in [1.807, 2.05) is 66.4 Å². The Kier molecular flexibility index (Phi) is 6.57. The third-order valence-corrected chi connectivity index (χ3v) is 6.37. The minimum atomic E-state index is -0.265. The number of hydrogen-bond donors (Lipinski definition) is 2. The highest BCUT2D eigenvalue weighted by molar-refractivity contribution is 7.13. The summed E-state index contributed by atoms with van der Waals surface area (Å²) in [6.07, 6.45) is 1.82. The number of nitrogens with one attached hydrogen (secondary N) is 2. The minimum Gasteiger partial charge on any atom is -0.334 e. The molecule has 1 atom stereocenters. The van der Waals surface area contributed by atoms with Gasteiger partial charge in [-0.1, -0.05) is 59.4 Å². The molecule has 3 amide bonds. The zero-order valence-corrected chi connectivity index (χ0v) is 18.2. The molecule has 1 aromatic heterocycles. The first-order valence-corrected chi connectivity index (χ1v) is 11.2. The average molecular weight is 436 g/mol. The zero-order valence-electron chi connectivity index (χ0n) is 17.4. The fourth-order valence-electron chi connectivity index (χ4n) is 3.56. The van der Waals surface area contributed by atoms with Crippen molar-refractivity contribution in [2.45, 2.75) is 32.2 Å².